The average Bonchev–Trinajstić information content (AvgIpc) is 2.91. The number of urea groups is 1. The fraction of sp³-hybridized carbons (Fsp3) is 0.571. The third-order valence-electron chi connectivity index (χ3n) is 2.87. The summed E-state index contributed by atoms with van der Waals surface area (Å²) in [4.78, 5) is 23.3. The van der Waals surface area contributed by atoms with E-state index in [4.69, 9.17) is 5.11 Å². The van der Waals surface area contributed by atoms with Gasteiger partial charge in [-0.3, -0.25) is 4.79 Å². The maximum Gasteiger partial charge on any atom is 0.315 e. The van der Waals surface area contributed by atoms with Crippen LogP contribution in [0, 0.1) is 0 Å². The quantitative estimate of drug-likeness (QED) is 0.613. The minimum atomic E-state index is -0.796. The van der Waals surface area contributed by atoms with Crippen LogP contribution in [0.3, 0.4) is 0 Å². The molecule has 2 amide bonds. The summed E-state index contributed by atoms with van der Waals surface area (Å²) < 4.78 is 0. The first-order chi connectivity index (χ1) is 9.63. The van der Waals surface area contributed by atoms with Crippen LogP contribution in [0.25, 0.3) is 0 Å². The normalized spacial score (nSPS) is 11.8. The Labute approximate surface area is 123 Å². The first kappa shape index (κ1) is 16.5. The zero-order valence-corrected chi connectivity index (χ0v) is 12.5. The molecule has 1 atom stereocenters. The molecule has 6 heteroatoms. The summed E-state index contributed by atoms with van der Waals surface area (Å²) in [7, 11) is 0. The molecule has 0 aliphatic heterocycles. The highest BCUT2D eigenvalue weighted by atomic mass is 32.1. The zero-order valence-electron chi connectivity index (χ0n) is 11.7. The minimum absolute atomic E-state index is 0.0546. The Morgan fingerprint density at radius 2 is 2.20 bits per heavy atom. The van der Waals surface area contributed by atoms with E-state index in [9.17, 15) is 9.59 Å². The van der Waals surface area contributed by atoms with Gasteiger partial charge in [-0.2, -0.15) is 0 Å². The van der Waals surface area contributed by atoms with Crippen LogP contribution in [0.5, 0.6) is 0 Å². The van der Waals surface area contributed by atoms with Crippen LogP contribution in [0.4, 0.5) is 4.79 Å². The predicted octanol–water partition coefficient (Wildman–Crippen LogP) is 3.14. The number of hydrogen-bond acceptors (Lipinski definition) is 3. The topological polar surface area (TPSA) is 78.4 Å². The summed E-state index contributed by atoms with van der Waals surface area (Å²) in [5.41, 5.74) is 0. The van der Waals surface area contributed by atoms with Crippen LogP contribution in [0.2, 0.25) is 0 Å². The monoisotopic (exact) mass is 298 g/mol. The first-order valence-electron chi connectivity index (χ1n) is 6.93. The van der Waals surface area contributed by atoms with Crippen molar-refractivity contribution in [2.75, 3.05) is 6.54 Å². The van der Waals surface area contributed by atoms with E-state index >= 15 is 0 Å². The van der Waals surface area contributed by atoms with Crippen molar-refractivity contribution in [1.29, 1.82) is 0 Å². The second-order valence-electron chi connectivity index (χ2n) is 4.61. The Kier molecular flexibility index (Phi) is 7.72. The van der Waals surface area contributed by atoms with E-state index < -0.39 is 5.97 Å². The molecule has 1 aromatic heterocycles. The van der Waals surface area contributed by atoms with Crippen molar-refractivity contribution < 1.29 is 14.7 Å². The third-order valence-corrected chi connectivity index (χ3v) is 3.86. The molecule has 1 unspecified atom stereocenters. The molecule has 1 aromatic rings. The van der Waals surface area contributed by atoms with Crippen LogP contribution in [-0.2, 0) is 4.79 Å². The molecule has 0 fully saturated rings. The van der Waals surface area contributed by atoms with Gasteiger partial charge in [0.05, 0.1) is 6.04 Å². The molecule has 0 saturated heterocycles. The van der Waals surface area contributed by atoms with Crippen molar-refractivity contribution in [3.8, 4) is 0 Å². The van der Waals surface area contributed by atoms with Crippen molar-refractivity contribution in [1.82, 2.24) is 10.6 Å². The second kappa shape index (κ2) is 9.36. The van der Waals surface area contributed by atoms with Crippen molar-refractivity contribution in [3.05, 3.63) is 22.4 Å². The molecule has 20 heavy (non-hydrogen) atoms. The summed E-state index contributed by atoms with van der Waals surface area (Å²) in [6.07, 6.45) is 3.32. The maximum absolute atomic E-state index is 11.8. The van der Waals surface area contributed by atoms with Gasteiger partial charge in [0.1, 0.15) is 0 Å². The number of nitrogens with one attached hydrogen (secondary N) is 2. The molecule has 0 saturated carbocycles. The Morgan fingerprint density at radius 3 is 2.80 bits per heavy atom. The fourth-order valence-corrected chi connectivity index (χ4v) is 2.69. The summed E-state index contributed by atoms with van der Waals surface area (Å²) in [6, 6.07) is 3.87. The molecular formula is C14H22N2O3S. The SMILES string of the molecule is CCCC(NC(=O)NCCCCC(=O)O)c1cccs1. The lowest BCUT2D eigenvalue weighted by Gasteiger charge is -2.17. The van der Waals surface area contributed by atoms with Gasteiger partial charge in [0.15, 0.2) is 0 Å². The zero-order chi connectivity index (χ0) is 14.8. The van der Waals surface area contributed by atoms with Crippen molar-refractivity contribution in [2.45, 2.75) is 45.1 Å². The number of carbonyl (C=O) groups excluding carboxylic acids is 1. The molecule has 1 heterocycles. The number of carboxylic acid groups (broad SMARTS) is 1. The van der Waals surface area contributed by atoms with Gasteiger partial charge >= 0.3 is 12.0 Å². The van der Waals surface area contributed by atoms with Crippen LogP contribution < -0.4 is 10.6 Å². The lowest BCUT2D eigenvalue weighted by atomic mass is 10.1. The van der Waals surface area contributed by atoms with Crippen molar-refractivity contribution in [2.24, 2.45) is 0 Å². The van der Waals surface area contributed by atoms with E-state index in [1.807, 2.05) is 17.5 Å². The van der Waals surface area contributed by atoms with Gasteiger partial charge in [0, 0.05) is 17.8 Å². The number of carboxylic acids is 1. The van der Waals surface area contributed by atoms with Crippen LogP contribution in [0.15, 0.2) is 17.5 Å². The number of thiophene rings is 1. The first-order valence-corrected chi connectivity index (χ1v) is 7.81. The summed E-state index contributed by atoms with van der Waals surface area (Å²) in [5.74, 6) is -0.796. The smallest absolute Gasteiger partial charge is 0.315 e. The summed E-state index contributed by atoms with van der Waals surface area (Å²) >= 11 is 1.64. The van der Waals surface area contributed by atoms with E-state index in [0.29, 0.717) is 19.4 Å². The van der Waals surface area contributed by atoms with E-state index in [1.54, 1.807) is 11.3 Å². The molecule has 3 N–H and O–H groups in total. The Morgan fingerprint density at radius 1 is 1.40 bits per heavy atom. The van der Waals surface area contributed by atoms with Gasteiger partial charge in [0.2, 0.25) is 0 Å². The van der Waals surface area contributed by atoms with E-state index in [-0.39, 0.29) is 18.5 Å². The van der Waals surface area contributed by atoms with Gasteiger partial charge in [-0.1, -0.05) is 19.4 Å². The Hall–Kier alpha value is -1.56. The molecular weight excluding hydrogens is 276 g/mol. The number of rotatable bonds is 9. The van der Waals surface area contributed by atoms with Crippen LogP contribution in [0.1, 0.15) is 49.9 Å². The number of aliphatic carboxylic acids is 1. The second-order valence-corrected chi connectivity index (χ2v) is 5.59. The Balaban J connectivity index is 2.26. The fourth-order valence-electron chi connectivity index (χ4n) is 1.88. The van der Waals surface area contributed by atoms with Crippen LogP contribution in [-0.4, -0.2) is 23.7 Å². The minimum Gasteiger partial charge on any atom is -0.481 e. The highest BCUT2D eigenvalue weighted by Crippen LogP contribution is 2.22. The van der Waals surface area contributed by atoms with Gasteiger partial charge in [-0.05, 0) is 30.7 Å². The maximum atomic E-state index is 11.8. The number of amides is 2. The molecule has 0 aliphatic rings. The molecule has 0 spiro atoms. The molecule has 0 radical (unpaired) electrons. The highest BCUT2D eigenvalue weighted by Gasteiger charge is 2.14. The lowest BCUT2D eigenvalue weighted by Crippen LogP contribution is -2.38. The summed E-state index contributed by atoms with van der Waals surface area (Å²) in [5, 5.41) is 16.2. The van der Waals surface area contributed by atoms with Crippen molar-refractivity contribution in [3.63, 3.8) is 0 Å². The number of carbonyl (C=O) groups is 2. The standard InChI is InChI=1S/C14H22N2O3S/c1-2-6-11(12-7-5-10-20-12)16-14(19)15-9-4-3-8-13(17)18/h5,7,10-11H,2-4,6,8-9H2,1H3,(H,17,18)(H2,15,16,19). The molecule has 0 bridgehead atoms. The molecule has 1 rings (SSSR count). The highest BCUT2D eigenvalue weighted by molar-refractivity contribution is 7.10. The molecule has 0 aliphatic carbocycles. The van der Waals surface area contributed by atoms with Gasteiger partial charge in [-0.15, -0.1) is 11.3 Å². The predicted molar refractivity (Wildman–Crippen MR) is 80.0 cm³/mol. The molecule has 5 nitrogen and oxygen atoms in total. The third kappa shape index (κ3) is 6.56. The number of unbranched alkanes of at least 4 members (excludes halogenated alkanes) is 1. The summed E-state index contributed by atoms with van der Waals surface area (Å²) in [6.45, 7) is 2.59. The van der Waals surface area contributed by atoms with E-state index in [0.717, 1.165) is 17.7 Å². The van der Waals surface area contributed by atoms with Gasteiger partial charge < -0.3 is 15.7 Å². The van der Waals surface area contributed by atoms with Crippen molar-refractivity contribution >= 4 is 23.3 Å². The Bertz CT molecular complexity index is 407. The van der Waals surface area contributed by atoms with Gasteiger partial charge in [-0.25, -0.2) is 4.79 Å². The number of hydrogen-bond donors (Lipinski definition) is 3. The molecule has 0 aromatic carbocycles. The lowest BCUT2D eigenvalue weighted by molar-refractivity contribution is -0.137. The largest absolute Gasteiger partial charge is 0.481 e. The van der Waals surface area contributed by atoms with E-state index in [1.165, 1.54) is 0 Å². The van der Waals surface area contributed by atoms with Crippen LogP contribution >= 0.6 is 11.3 Å². The van der Waals surface area contributed by atoms with Gasteiger partial charge in [0.25, 0.3) is 0 Å². The average molecular weight is 298 g/mol. The van der Waals surface area contributed by atoms with E-state index in [2.05, 4.69) is 17.6 Å². The molecule has 112 valence electrons.